The summed E-state index contributed by atoms with van der Waals surface area (Å²) in [5.74, 6) is -0.345. The summed E-state index contributed by atoms with van der Waals surface area (Å²) in [5.41, 5.74) is 7.21. The lowest BCUT2D eigenvalue weighted by atomic mass is 10.0. The molecule has 2 N–H and O–H groups in total. The van der Waals surface area contributed by atoms with E-state index in [0.29, 0.717) is 0 Å². The van der Waals surface area contributed by atoms with Gasteiger partial charge in [0.1, 0.15) is 0 Å². The molecule has 1 heterocycles. The minimum Gasteiger partial charge on any atom is -0.369 e. The van der Waals surface area contributed by atoms with Crippen LogP contribution in [0.2, 0.25) is 0 Å². The van der Waals surface area contributed by atoms with E-state index < -0.39 is 0 Å². The Bertz CT molecular complexity index is 534. The first-order chi connectivity index (χ1) is 7.70. The van der Waals surface area contributed by atoms with Gasteiger partial charge < -0.3 is 5.73 Å². The molecule has 1 aromatic carbocycles. The maximum Gasteiger partial charge on any atom is 0.223 e. The standard InChI is InChI=1S/C13H14N2O/c1-2-9-3-4-10-5-6-15-12(8-13(14)16)11(10)7-9/h3-7H,2,8H2,1H3,(H2,14,16). The van der Waals surface area contributed by atoms with E-state index in [1.165, 1.54) is 5.56 Å². The van der Waals surface area contributed by atoms with Crippen molar-refractivity contribution in [2.75, 3.05) is 0 Å². The number of primary amides is 1. The Morgan fingerprint density at radius 1 is 1.38 bits per heavy atom. The second-order valence-corrected chi connectivity index (χ2v) is 3.81. The summed E-state index contributed by atoms with van der Waals surface area (Å²) in [7, 11) is 0. The number of pyridine rings is 1. The molecule has 3 heteroatoms. The molecule has 0 aliphatic rings. The first kappa shape index (κ1) is 10.6. The van der Waals surface area contributed by atoms with Gasteiger partial charge in [0, 0.05) is 11.6 Å². The number of hydrogen-bond donors (Lipinski definition) is 1. The van der Waals surface area contributed by atoms with Crippen molar-refractivity contribution in [3.63, 3.8) is 0 Å². The van der Waals surface area contributed by atoms with Crippen LogP contribution in [0.3, 0.4) is 0 Å². The highest BCUT2D eigenvalue weighted by atomic mass is 16.1. The molecule has 16 heavy (non-hydrogen) atoms. The Hall–Kier alpha value is -1.90. The number of amides is 1. The number of aryl methyl sites for hydroxylation is 1. The van der Waals surface area contributed by atoms with Crippen molar-refractivity contribution in [3.8, 4) is 0 Å². The van der Waals surface area contributed by atoms with E-state index in [2.05, 4.69) is 30.1 Å². The molecule has 1 amide bonds. The van der Waals surface area contributed by atoms with E-state index in [-0.39, 0.29) is 12.3 Å². The maximum atomic E-state index is 10.9. The van der Waals surface area contributed by atoms with Gasteiger partial charge in [0.05, 0.1) is 12.1 Å². The Morgan fingerprint density at radius 3 is 2.88 bits per heavy atom. The van der Waals surface area contributed by atoms with Gasteiger partial charge in [-0.2, -0.15) is 0 Å². The molecule has 2 rings (SSSR count). The van der Waals surface area contributed by atoms with Gasteiger partial charge in [-0.3, -0.25) is 9.78 Å². The summed E-state index contributed by atoms with van der Waals surface area (Å²) in [6, 6.07) is 8.18. The van der Waals surface area contributed by atoms with Crippen LogP contribution in [0.15, 0.2) is 30.5 Å². The third kappa shape index (κ3) is 2.03. The Morgan fingerprint density at radius 2 is 2.19 bits per heavy atom. The number of nitrogens with two attached hydrogens (primary N) is 1. The first-order valence-corrected chi connectivity index (χ1v) is 5.35. The lowest BCUT2D eigenvalue weighted by Gasteiger charge is -2.05. The molecule has 0 radical (unpaired) electrons. The molecule has 3 nitrogen and oxygen atoms in total. The van der Waals surface area contributed by atoms with E-state index >= 15 is 0 Å². The van der Waals surface area contributed by atoms with Gasteiger partial charge in [0.2, 0.25) is 5.91 Å². The average molecular weight is 214 g/mol. The quantitative estimate of drug-likeness (QED) is 0.847. The number of fused-ring (bicyclic) bond motifs is 1. The second-order valence-electron chi connectivity index (χ2n) is 3.81. The molecule has 2 aromatic rings. The van der Waals surface area contributed by atoms with Crippen LogP contribution in [0.5, 0.6) is 0 Å². The molecule has 0 unspecified atom stereocenters. The van der Waals surface area contributed by atoms with Gasteiger partial charge in [-0.25, -0.2) is 0 Å². The van der Waals surface area contributed by atoms with Gasteiger partial charge in [-0.15, -0.1) is 0 Å². The lowest BCUT2D eigenvalue weighted by molar-refractivity contribution is -0.117. The molecule has 0 fully saturated rings. The number of hydrogen-bond acceptors (Lipinski definition) is 2. The summed E-state index contributed by atoms with van der Waals surface area (Å²) >= 11 is 0. The van der Waals surface area contributed by atoms with Gasteiger partial charge >= 0.3 is 0 Å². The van der Waals surface area contributed by atoms with Gasteiger partial charge in [-0.05, 0) is 29.5 Å². The van der Waals surface area contributed by atoms with Crippen LogP contribution in [0, 0.1) is 0 Å². The summed E-state index contributed by atoms with van der Waals surface area (Å²) < 4.78 is 0. The molecule has 0 saturated heterocycles. The highest BCUT2D eigenvalue weighted by molar-refractivity contribution is 5.88. The smallest absolute Gasteiger partial charge is 0.223 e. The number of carbonyl (C=O) groups is 1. The molecule has 0 aliphatic carbocycles. The maximum absolute atomic E-state index is 10.9. The SMILES string of the molecule is CCc1ccc2ccnc(CC(N)=O)c2c1. The molecule has 82 valence electrons. The fourth-order valence-electron chi connectivity index (χ4n) is 1.80. The Labute approximate surface area is 94.3 Å². The molecule has 0 aliphatic heterocycles. The third-order valence-electron chi connectivity index (χ3n) is 2.66. The summed E-state index contributed by atoms with van der Waals surface area (Å²) in [6.07, 6.45) is 2.89. The minimum atomic E-state index is -0.345. The van der Waals surface area contributed by atoms with E-state index in [4.69, 9.17) is 5.73 Å². The lowest BCUT2D eigenvalue weighted by Crippen LogP contribution is -2.14. The van der Waals surface area contributed by atoms with Crippen LogP contribution in [-0.2, 0) is 17.6 Å². The van der Waals surface area contributed by atoms with Crippen molar-refractivity contribution in [1.82, 2.24) is 4.98 Å². The summed E-state index contributed by atoms with van der Waals surface area (Å²) in [5, 5.41) is 2.13. The van der Waals surface area contributed by atoms with Gasteiger partial charge in [0.25, 0.3) is 0 Å². The third-order valence-corrected chi connectivity index (χ3v) is 2.66. The Balaban J connectivity index is 2.59. The van der Waals surface area contributed by atoms with Crippen molar-refractivity contribution >= 4 is 16.7 Å². The van der Waals surface area contributed by atoms with E-state index in [1.54, 1.807) is 6.20 Å². The fourth-order valence-corrected chi connectivity index (χ4v) is 1.80. The zero-order chi connectivity index (χ0) is 11.5. The largest absolute Gasteiger partial charge is 0.369 e. The zero-order valence-corrected chi connectivity index (χ0v) is 9.23. The highest BCUT2D eigenvalue weighted by Gasteiger charge is 2.05. The van der Waals surface area contributed by atoms with Crippen molar-refractivity contribution < 1.29 is 4.79 Å². The fraction of sp³-hybridized carbons (Fsp3) is 0.231. The van der Waals surface area contributed by atoms with Crippen LogP contribution in [0.25, 0.3) is 10.8 Å². The van der Waals surface area contributed by atoms with Crippen molar-refractivity contribution in [2.24, 2.45) is 5.73 Å². The number of benzene rings is 1. The molecule has 0 spiro atoms. The Kier molecular flexibility index (Phi) is 2.86. The van der Waals surface area contributed by atoms with E-state index in [9.17, 15) is 4.79 Å². The zero-order valence-electron chi connectivity index (χ0n) is 9.23. The topological polar surface area (TPSA) is 56.0 Å². The summed E-state index contributed by atoms with van der Waals surface area (Å²) in [6.45, 7) is 2.10. The average Bonchev–Trinajstić information content (AvgIpc) is 2.28. The van der Waals surface area contributed by atoms with Gasteiger partial charge in [-0.1, -0.05) is 19.1 Å². The number of nitrogens with zero attached hydrogens (tertiary/aromatic N) is 1. The van der Waals surface area contributed by atoms with E-state index in [0.717, 1.165) is 22.9 Å². The molecular weight excluding hydrogens is 200 g/mol. The molecule has 0 atom stereocenters. The first-order valence-electron chi connectivity index (χ1n) is 5.35. The number of rotatable bonds is 3. The van der Waals surface area contributed by atoms with E-state index in [1.807, 2.05) is 6.07 Å². The van der Waals surface area contributed by atoms with Crippen molar-refractivity contribution in [2.45, 2.75) is 19.8 Å². The highest BCUT2D eigenvalue weighted by Crippen LogP contribution is 2.19. The van der Waals surface area contributed by atoms with Gasteiger partial charge in [0.15, 0.2) is 0 Å². The summed E-state index contributed by atoms with van der Waals surface area (Å²) in [4.78, 5) is 15.2. The number of carbonyl (C=O) groups excluding carboxylic acids is 1. The van der Waals surface area contributed by atoms with Crippen molar-refractivity contribution in [1.29, 1.82) is 0 Å². The minimum absolute atomic E-state index is 0.199. The molecular formula is C13H14N2O. The molecule has 1 aromatic heterocycles. The van der Waals surface area contributed by atoms with Crippen LogP contribution in [0.1, 0.15) is 18.2 Å². The van der Waals surface area contributed by atoms with Crippen molar-refractivity contribution in [3.05, 3.63) is 41.7 Å². The second kappa shape index (κ2) is 4.31. The monoisotopic (exact) mass is 214 g/mol. The number of aromatic nitrogens is 1. The predicted octanol–water partition coefficient (Wildman–Crippen LogP) is 1.82. The molecule has 0 bridgehead atoms. The normalized spacial score (nSPS) is 10.6. The molecule has 0 saturated carbocycles. The predicted molar refractivity (Wildman–Crippen MR) is 64.0 cm³/mol. The van der Waals surface area contributed by atoms with Crippen LogP contribution < -0.4 is 5.73 Å². The van der Waals surface area contributed by atoms with Crippen LogP contribution >= 0.6 is 0 Å². The van der Waals surface area contributed by atoms with Crippen LogP contribution in [0.4, 0.5) is 0 Å². The van der Waals surface area contributed by atoms with Crippen LogP contribution in [-0.4, -0.2) is 10.9 Å².